The van der Waals surface area contributed by atoms with Crippen molar-refractivity contribution in [2.45, 2.75) is 6.92 Å². The van der Waals surface area contributed by atoms with E-state index >= 15 is 0 Å². The molecule has 2 amide bonds. The fourth-order valence-corrected chi connectivity index (χ4v) is 2.75. The molecule has 0 spiro atoms. The van der Waals surface area contributed by atoms with Crippen LogP contribution >= 0.6 is 0 Å². The molecule has 114 valence electrons. The Morgan fingerprint density at radius 3 is 2.35 bits per heavy atom. The summed E-state index contributed by atoms with van der Waals surface area (Å²) in [6, 6.07) is 14.6. The van der Waals surface area contributed by atoms with Crippen LogP contribution in [0.3, 0.4) is 0 Å². The summed E-state index contributed by atoms with van der Waals surface area (Å²) in [5.41, 5.74) is 2.66. The van der Waals surface area contributed by atoms with Crippen LogP contribution in [0, 0.1) is 18.3 Å². The quantitative estimate of drug-likeness (QED) is 0.600. The lowest BCUT2D eigenvalue weighted by molar-refractivity contribution is -0.130. The number of anilines is 3. The van der Waals surface area contributed by atoms with Gasteiger partial charge in [-0.05, 0) is 37.3 Å². The highest BCUT2D eigenvalue weighted by atomic mass is 16.2. The fourth-order valence-electron chi connectivity index (χ4n) is 2.75. The number of amides is 2. The number of benzene rings is 2. The van der Waals surface area contributed by atoms with E-state index in [0.29, 0.717) is 22.6 Å². The van der Waals surface area contributed by atoms with Crippen molar-refractivity contribution >= 4 is 28.9 Å². The third-order valence-corrected chi connectivity index (χ3v) is 4.05. The average Bonchev–Trinajstić information content (AvgIpc) is 2.66. The van der Waals surface area contributed by atoms with Crippen LogP contribution in [0.2, 0.25) is 0 Å². The van der Waals surface area contributed by atoms with Gasteiger partial charge in [-0.2, -0.15) is 0 Å². The van der Waals surface area contributed by atoms with E-state index in [-0.39, 0.29) is 11.8 Å². The van der Waals surface area contributed by atoms with Gasteiger partial charge in [-0.25, -0.2) is 0 Å². The standard InChI is InChI=1S/C19H16N2O2/c1-4-14-10-11-16-17(12-14)21(15-8-6-5-7-9-15)19(23)13(2)18(22)20(16)3/h1,5-13H,2-3H3. The molecule has 0 bridgehead atoms. The molecule has 0 aliphatic carbocycles. The summed E-state index contributed by atoms with van der Waals surface area (Å²) in [6.45, 7) is 1.63. The molecule has 2 aromatic carbocycles. The first-order chi connectivity index (χ1) is 11.0. The first kappa shape index (κ1) is 14.9. The van der Waals surface area contributed by atoms with Crippen molar-refractivity contribution < 1.29 is 9.59 Å². The summed E-state index contributed by atoms with van der Waals surface area (Å²) < 4.78 is 0. The average molecular weight is 304 g/mol. The van der Waals surface area contributed by atoms with Gasteiger partial charge in [0.05, 0.1) is 11.4 Å². The highest BCUT2D eigenvalue weighted by molar-refractivity contribution is 6.19. The number of hydrogen-bond donors (Lipinski definition) is 0. The number of carbonyl (C=O) groups excluding carboxylic acids is 2. The molecule has 1 aliphatic heterocycles. The number of fused-ring (bicyclic) bond motifs is 1. The monoisotopic (exact) mass is 304 g/mol. The molecule has 0 N–H and O–H groups in total. The lowest BCUT2D eigenvalue weighted by atomic mass is 10.1. The normalized spacial score (nSPS) is 17.5. The van der Waals surface area contributed by atoms with E-state index in [1.54, 1.807) is 37.1 Å². The third kappa shape index (κ3) is 2.36. The lowest BCUT2D eigenvalue weighted by Gasteiger charge is -2.24. The summed E-state index contributed by atoms with van der Waals surface area (Å²) in [5.74, 6) is 1.32. The largest absolute Gasteiger partial charge is 0.313 e. The molecule has 1 unspecified atom stereocenters. The first-order valence-electron chi connectivity index (χ1n) is 7.32. The maximum Gasteiger partial charge on any atom is 0.243 e. The molecule has 2 aromatic rings. The van der Waals surface area contributed by atoms with Gasteiger partial charge in [-0.3, -0.25) is 14.5 Å². The Labute approximate surface area is 135 Å². The predicted octanol–water partition coefficient (Wildman–Crippen LogP) is 2.95. The molecule has 1 heterocycles. The van der Waals surface area contributed by atoms with Crippen molar-refractivity contribution in [1.29, 1.82) is 0 Å². The van der Waals surface area contributed by atoms with Crippen LogP contribution in [-0.2, 0) is 9.59 Å². The Kier molecular flexibility index (Phi) is 3.63. The Morgan fingerprint density at radius 1 is 1.00 bits per heavy atom. The number of nitrogens with zero attached hydrogens (tertiary/aromatic N) is 2. The van der Waals surface area contributed by atoms with Gasteiger partial charge in [-0.1, -0.05) is 24.1 Å². The minimum absolute atomic E-state index is 0.233. The zero-order chi connectivity index (χ0) is 16.6. The molecule has 3 rings (SSSR count). The van der Waals surface area contributed by atoms with Gasteiger partial charge in [0.2, 0.25) is 11.8 Å². The van der Waals surface area contributed by atoms with E-state index in [9.17, 15) is 9.59 Å². The van der Waals surface area contributed by atoms with Crippen LogP contribution in [0.1, 0.15) is 12.5 Å². The van der Waals surface area contributed by atoms with E-state index in [1.165, 1.54) is 4.90 Å². The van der Waals surface area contributed by atoms with E-state index < -0.39 is 5.92 Å². The Hall–Kier alpha value is -3.06. The molecule has 0 aromatic heterocycles. The molecule has 4 nitrogen and oxygen atoms in total. The Bertz CT molecular complexity index is 821. The highest BCUT2D eigenvalue weighted by Gasteiger charge is 2.36. The number of terminal acetylenes is 1. The zero-order valence-electron chi connectivity index (χ0n) is 13.0. The highest BCUT2D eigenvalue weighted by Crippen LogP contribution is 2.39. The number of para-hydroxylation sites is 1. The predicted molar refractivity (Wildman–Crippen MR) is 90.5 cm³/mol. The van der Waals surface area contributed by atoms with Crippen molar-refractivity contribution in [2.75, 3.05) is 16.8 Å². The fraction of sp³-hybridized carbons (Fsp3) is 0.158. The van der Waals surface area contributed by atoms with Crippen LogP contribution in [0.4, 0.5) is 17.1 Å². The SMILES string of the molecule is C#Cc1ccc2c(c1)N(c1ccccc1)C(=O)C(C)C(=O)N2C. The van der Waals surface area contributed by atoms with E-state index in [4.69, 9.17) is 6.42 Å². The summed E-state index contributed by atoms with van der Waals surface area (Å²) in [6.07, 6.45) is 5.50. The summed E-state index contributed by atoms with van der Waals surface area (Å²) in [7, 11) is 1.68. The van der Waals surface area contributed by atoms with Crippen molar-refractivity contribution in [2.24, 2.45) is 5.92 Å². The third-order valence-electron chi connectivity index (χ3n) is 4.05. The van der Waals surface area contributed by atoms with E-state index in [1.807, 2.05) is 30.3 Å². The zero-order valence-corrected chi connectivity index (χ0v) is 13.0. The van der Waals surface area contributed by atoms with Crippen LogP contribution in [-0.4, -0.2) is 18.9 Å². The topological polar surface area (TPSA) is 40.6 Å². The molecular formula is C19H16N2O2. The van der Waals surface area contributed by atoms with Crippen molar-refractivity contribution in [3.63, 3.8) is 0 Å². The van der Waals surface area contributed by atoms with E-state index in [0.717, 1.165) is 0 Å². The van der Waals surface area contributed by atoms with Crippen molar-refractivity contribution in [3.8, 4) is 12.3 Å². The lowest BCUT2D eigenvalue weighted by Crippen LogP contribution is -2.37. The molecular weight excluding hydrogens is 288 g/mol. The molecule has 1 atom stereocenters. The second-order valence-corrected chi connectivity index (χ2v) is 5.48. The molecule has 0 saturated carbocycles. The van der Waals surface area contributed by atoms with Gasteiger partial charge in [0, 0.05) is 18.3 Å². The smallest absolute Gasteiger partial charge is 0.243 e. The second-order valence-electron chi connectivity index (χ2n) is 5.48. The van der Waals surface area contributed by atoms with Crippen LogP contribution in [0.5, 0.6) is 0 Å². The van der Waals surface area contributed by atoms with E-state index in [2.05, 4.69) is 5.92 Å². The Morgan fingerprint density at radius 2 is 1.70 bits per heavy atom. The summed E-state index contributed by atoms with van der Waals surface area (Å²) in [4.78, 5) is 28.5. The molecule has 0 fully saturated rings. The van der Waals surface area contributed by atoms with Gasteiger partial charge < -0.3 is 4.90 Å². The maximum absolute atomic E-state index is 12.9. The van der Waals surface area contributed by atoms with Gasteiger partial charge in [0.15, 0.2) is 0 Å². The van der Waals surface area contributed by atoms with Gasteiger partial charge >= 0.3 is 0 Å². The van der Waals surface area contributed by atoms with Crippen LogP contribution in [0.15, 0.2) is 48.5 Å². The van der Waals surface area contributed by atoms with Crippen LogP contribution in [0.25, 0.3) is 0 Å². The Balaban J connectivity index is 2.29. The summed E-state index contributed by atoms with van der Waals surface area (Å²) in [5, 5.41) is 0. The molecule has 4 heteroatoms. The maximum atomic E-state index is 12.9. The molecule has 1 aliphatic rings. The minimum atomic E-state index is -0.762. The van der Waals surface area contributed by atoms with Crippen molar-refractivity contribution in [3.05, 3.63) is 54.1 Å². The minimum Gasteiger partial charge on any atom is -0.313 e. The van der Waals surface area contributed by atoms with Crippen molar-refractivity contribution in [1.82, 2.24) is 0 Å². The first-order valence-corrected chi connectivity index (χ1v) is 7.32. The molecule has 0 radical (unpaired) electrons. The second kappa shape index (κ2) is 5.62. The number of hydrogen-bond acceptors (Lipinski definition) is 2. The van der Waals surface area contributed by atoms with Gasteiger partial charge in [0.1, 0.15) is 5.92 Å². The van der Waals surface area contributed by atoms with Gasteiger partial charge in [-0.15, -0.1) is 6.42 Å². The number of rotatable bonds is 1. The van der Waals surface area contributed by atoms with Crippen LogP contribution < -0.4 is 9.80 Å². The number of carbonyl (C=O) groups is 2. The molecule has 0 saturated heterocycles. The molecule has 23 heavy (non-hydrogen) atoms. The van der Waals surface area contributed by atoms with Gasteiger partial charge in [0.25, 0.3) is 0 Å². The summed E-state index contributed by atoms with van der Waals surface area (Å²) >= 11 is 0.